The predicted octanol–water partition coefficient (Wildman–Crippen LogP) is 4.48. The molecule has 0 unspecified atom stereocenters. The number of carboxylic acids is 2. The number of aromatic amines is 2. The maximum absolute atomic E-state index is 14.0. The Balaban J connectivity index is 1.80. The Kier molecular flexibility index (Phi) is 8.89. The fourth-order valence-electron chi connectivity index (χ4n) is 5.51. The van der Waals surface area contributed by atoms with Gasteiger partial charge in [-0.25, -0.2) is 0 Å². The summed E-state index contributed by atoms with van der Waals surface area (Å²) >= 11 is 0. The average molecular weight is 599 g/mol. The van der Waals surface area contributed by atoms with Crippen molar-refractivity contribution >= 4 is 47.8 Å². The van der Waals surface area contributed by atoms with E-state index in [1.165, 1.54) is 6.08 Å². The monoisotopic (exact) mass is 598 g/mol. The number of rotatable bonds is 12. The summed E-state index contributed by atoms with van der Waals surface area (Å²) in [7, 11) is 0. The second-order valence-electron chi connectivity index (χ2n) is 10.7. The molecule has 0 saturated heterocycles. The number of amides is 2. The molecule has 4 heterocycles. The topological polar surface area (TPSA) is 181 Å². The number of allylic oxidation sites excluding steroid dienone is 2. The third-order valence-electron chi connectivity index (χ3n) is 8.03. The van der Waals surface area contributed by atoms with Gasteiger partial charge in [0.15, 0.2) is 0 Å². The van der Waals surface area contributed by atoms with Gasteiger partial charge in [-0.2, -0.15) is 0 Å². The van der Waals surface area contributed by atoms with Crippen LogP contribution >= 0.6 is 0 Å². The van der Waals surface area contributed by atoms with Gasteiger partial charge in [0.25, 0.3) is 11.8 Å². The van der Waals surface area contributed by atoms with Gasteiger partial charge in [-0.05, 0) is 80.5 Å². The van der Waals surface area contributed by atoms with Gasteiger partial charge in [0.1, 0.15) is 0 Å². The van der Waals surface area contributed by atoms with E-state index in [4.69, 9.17) is 0 Å². The number of aliphatic carboxylic acids is 2. The van der Waals surface area contributed by atoms with Crippen molar-refractivity contribution in [3.63, 3.8) is 0 Å². The number of carbonyl (C=O) groups is 5. The molecule has 0 saturated carbocycles. The van der Waals surface area contributed by atoms with Gasteiger partial charge in [-0.15, -0.1) is 0 Å². The van der Waals surface area contributed by atoms with Crippen molar-refractivity contribution in [1.82, 2.24) is 20.6 Å². The molecule has 0 aliphatic carbocycles. The first-order valence-corrected chi connectivity index (χ1v) is 13.9. The second kappa shape index (κ2) is 12.4. The molecule has 6 N–H and O–H groups in total. The summed E-state index contributed by atoms with van der Waals surface area (Å²) in [6.07, 6.45) is 6.32. The van der Waals surface area contributed by atoms with Crippen LogP contribution in [-0.2, 0) is 25.6 Å². The van der Waals surface area contributed by atoms with E-state index in [1.807, 2.05) is 0 Å². The molecule has 2 aromatic rings. The van der Waals surface area contributed by atoms with E-state index in [0.717, 1.165) is 0 Å². The second-order valence-corrected chi connectivity index (χ2v) is 10.7. The predicted molar refractivity (Wildman–Crippen MR) is 165 cm³/mol. The zero-order chi connectivity index (χ0) is 32.5. The average Bonchev–Trinajstić information content (AvgIpc) is 3.62. The van der Waals surface area contributed by atoms with Crippen LogP contribution in [0.2, 0.25) is 0 Å². The number of carboxylic acid groups (broad SMARTS) is 2. The summed E-state index contributed by atoms with van der Waals surface area (Å²) in [5.41, 5.74) is 7.02. The zero-order valence-electron chi connectivity index (χ0n) is 25.0. The third kappa shape index (κ3) is 5.89. The van der Waals surface area contributed by atoms with Crippen LogP contribution in [0.4, 0.5) is 0 Å². The molecule has 0 radical (unpaired) electrons. The van der Waals surface area contributed by atoms with E-state index in [-0.39, 0.29) is 54.7 Å². The van der Waals surface area contributed by atoms with Gasteiger partial charge in [-0.1, -0.05) is 25.3 Å². The van der Waals surface area contributed by atoms with Gasteiger partial charge in [0.2, 0.25) is 5.78 Å². The molecule has 11 nitrogen and oxygen atoms in total. The van der Waals surface area contributed by atoms with Crippen molar-refractivity contribution < 1.29 is 34.2 Å². The van der Waals surface area contributed by atoms with Gasteiger partial charge < -0.3 is 30.8 Å². The standard InChI is InChI=1S/C33H34N4O7/c1-7-19-16(4)29(34-24(19)13-23-15(3)20(8-2)33(44)36-23)31(42)30-17(5)21(9-11-27(38)39)25(35-30)14-26-22(10-12-28(40)41)18(6)32(43)37-26/h7-8,13-14,34-35H,1-2,9-12H2,3-6H3,(H,36,44)(H,37,43)(H,38,39)(H,40,41)/b23-13+,26-14+. The minimum absolute atomic E-state index is 0.112. The van der Waals surface area contributed by atoms with Crippen LogP contribution in [-0.4, -0.2) is 49.7 Å². The third-order valence-corrected chi connectivity index (χ3v) is 8.03. The number of H-pyrrole nitrogens is 2. The smallest absolute Gasteiger partial charge is 0.303 e. The lowest BCUT2D eigenvalue weighted by atomic mass is 9.99. The lowest BCUT2D eigenvalue weighted by Crippen LogP contribution is -2.15. The van der Waals surface area contributed by atoms with E-state index in [9.17, 15) is 34.2 Å². The van der Waals surface area contributed by atoms with Gasteiger partial charge in [-0.3, -0.25) is 24.0 Å². The van der Waals surface area contributed by atoms with E-state index in [0.29, 0.717) is 67.3 Å². The minimum atomic E-state index is -1.01. The number of nitrogens with one attached hydrogen (secondary N) is 4. The summed E-state index contributed by atoms with van der Waals surface area (Å²) in [4.78, 5) is 67.7. The maximum atomic E-state index is 14.0. The van der Waals surface area contributed by atoms with Crippen LogP contribution in [0.3, 0.4) is 0 Å². The number of aromatic nitrogens is 2. The van der Waals surface area contributed by atoms with Crippen molar-refractivity contribution in [3.05, 3.63) is 97.9 Å². The fourth-order valence-corrected chi connectivity index (χ4v) is 5.51. The number of hydrogen-bond acceptors (Lipinski definition) is 5. The van der Waals surface area contributed by atoms with Crippen LogP contribution < -0.4 is 10.6 Å². The van der Waals surface area contributed by atoms with Crippen LogP contribution in [0, 0.1) is 13.8 Å². The first kappa shape index (κ1) is 31.5. The van der Waals surface area contributed by atoms with E-state index in [2.05, 4.69) is 33.8 Å². The summed E-state index contributed by atoms with van der Waals surface area (Å²) in [5, 5.41) is 24.1. The van der Waals surface area contributed by atoms with Crippen LogP contribution in [0.25, 0.3) is 18.2 Å². The highest BCUT2D eigenvalue weighted by atomic mass is 16.4. The molecule has 2 amide bonds. The molecule has 2 aliphatic heterocycles. The molecule has 2 aromatic heterocycles. The highest BCUT2D eigenvalue weighted by Gasteiger charge is 2.28. The summed E-state index contributed by atoms with van der Waals surface area (Å²) in [5.74, 6) is -3.02. The molecular formula is C33H34N4O7. The first-order chi connectivity index (χ1) is 20.8. The molecule has 0 spiro atoms. The Labute approximate surface area is 253 Å². The van der Waals surface area contributed by atoms with Crippen molar-refractivity contribution in [2.24, 2.45) is 0 Å². The Bertz CT molecular complexity index is 1790. The Hall–Kier alpha value is -5.45. The van der Waals surface area contributed by atoms with Crippen LogP contribution in [0.15, 0.2) is 52.9 Å². The number of hydrogen-bond donors (Lipinski definition) is 6. The summed E-state index contributed by atoms with van der Waals surface area (Å²) in [6, 6.07) is 0. The molecule has 0 fully saturated rings. The van der Waals surface area contributed by atoms with E-state index in [1.54, 1.807) is 45.9 Å². The lowest BCUT2D eigenvalue weighted by molar-refractivity contribution is -0.138. The molecule has 0 bridgehead atoms. The molecule has 0 aromatic carbocycles. The maximum Gasteiger partial charge on any atom is 0.303 e. The summed E-state index contributed by atoms with van der Waals surface area (Å²) < 4.78 is 0. The molecule has 2 aliphatic rings. The number of ketones is 1. The molecule has 44 heavy (non-hydrogen) atoms. The highest BCUT2D eigenvalue weighted by Crippen LogP contribution is 2.32. The Morgan fingerprint density at radius 1 is 0.727 bits per heavy atom. The lowest BCUT2D eigenvalue weighted by Gasteiger charge is -2.06. The fraction of sp³-hybridized carbons (Fsp3) is 0.242. The van der Waals surface area contributed by atoms with E-state index < -0.39 is 11.9 Å². The minimum Gasteiger partial charge on any atom is -0.481 e. The van der Waals surface area contributed by atoms with Crippen LogP contribution in [0.5, 0.6) is 0 Å². The van der Waals surface area contributed by atoms with Gasteiger partial charge in [0.05, 0.1) is 11.4 Å². The van der Waals surface area contributed by atoms with Crippen LogP contribution in [0.1, 0.15) is 82.9 Å². The SMILES string of the molecule is C=CC1=C(C)/C(=C\c2[nH]c(C(=O)c3[nH]c(/C=C4/NC(=O)C(C)=C4CCC(=O)O)c(CCC(=O)O)c3C)c(C)c2C=C)NC1=O. The number of carbonyl (C=O) groups excluding carboxylic acids is 3. The molecule has 11 heteroatoms. The first-order valence-electron chi connectivity index (χ1n) is 13.9. The Morgan fingerprint density at radius 2 is 1.30 bits per heavy atom. The van der Waals surface area contributed by atoms with Crippen molar-refractivity contribution in [2.45, 2.75) is 53.4 Å². The molecule has 4 rings (SSSR count). The van der Waals surface area contributed by atoms with Crippen molar-refractivity contribution in [1.29, 1.82) is 0 Å². The van der Waals surface area contributed by atoms with Crippen molar-refractivity contribution in [2.75, 3.05) is 0 Å². The van der Waals surface area contributed by atoms with Gasteiger partial charge >= 0.3 is 11.9 Å². The zero-order valence-corrected chi connectivity index (χ0v) is 25.0. The van der Waals surface area contributed by atoms with Gasteiger partial charge in [0, 0.05) is 52.3 Å². The van der Waals surface area contributed by atoms with Crippen molar-refractivity contribution in [3.8, 4) is 0 Å². The largest absolute Gasteiger partial charge is 0.481 e. The molecule has 228 valence electrons. The molecular weight excluding hydrogens is 564 g/mol. The van der Waals surface area contributed by atoms with E-state index >= 15 is 0 Å². The Morgan fingerprint density at radius 3 is 1.89 bits per heavy atom. The normalized spacial score (nSPS) is 16.6. The quantitative estimate of drug-likeness (QED) is 0.195. The summed E-state index contributed by atoms with van der Waals surface area (Å²) in [6.45, 7) is 14.5. The molecule has 0 atom stereocenters. The highest BCUT2D eigenvalue weighted by molar-refractivity contribution is 6.10.